The molecule has 0 bridgehead atoms. The largest absolute Gasteiger partial charge is 0.463 e. The highest BCUT2D eigenvalue weighted by atomic mass is 16.6. The first kappa shape index (κ1) is 20.6. The molecule has 6 nitrogen and oxygen atoms in total. The predicted octanol–water partition coefficient (Wildman–Crippen LogP) is 1.01. The molecule has 19 heavy (non-hydrogen) atoms. The van der Waals surface area contributed by atoms with E-state index < -0.39 is 0 Å². The van der Waals surface area contributed by atoms with Gasteiger partial charge in [0, 0.05) is 20.6 Å². The molecule has 0 spiro atoms. The van der Waals surface area contributed by atoms with Gasteiger partial charge in [0.25, 0.3) is 0 Å². The molecule has 0 aliphatic rings. The third-order valence-electron chi connectivity index (χ3n) is 1.84. The first-order chi connectivity index (χ1) is 9.18. The monoisotopic (exact) mass is 280 g/mol. The molecular formula is C13H28O6. The highest BCUT2D eigenvalue weighted by Gasteiger charge is 1.91. The Hall–Kier alpha value is -0.690. The van der Waals surface area contributed by atoms with Crippen LogP contribution in [0.2, 0.25) is 0 Å². The first-order valence-electron chi connectivity index (χ1n) is 6.57. The van der Waals surface area contributed by atoms with Crippen LogP contribution in [0.3, 0.4) is 0 Å². The van der Waals surface area contributed by atoms with Crippen molar-refractivity contribution in [3.05, 3.63) is 0 Å². The minimum absolute atomic E-state index is 0.143. The molecule has 0 atom stereocenters. The predicted molar refractivity (Wildman–Crippen MR) is 72.1 cm³/mol. The molecule has 0 radical (unpaired) electrons. The number of methoxy groups -OCH3 is 1. The third-order valence-corrected chi connectivity index (χ3v) is 1.84. The lowest BCUT2D eigenvalue weighted by Gasteiger charge is -2.02. The average molecular weight is 280 g/mol. The van der Waals surface area contributed by atoms with Gasteiger partial charge in [-0.2, -0.15) is 0 Å². The van der Waals surface area contributed by atoms with E-state index in [2.05, 4.69) is 11.7 Å². The van der Waals surface area contributed by atoms with Gasteiger partial charge in [0.05, 0.1) is 33.0 Å². The Morgan fingerprint density at radius 3 is 2.16 bits per heavy atom. The van der Waals surface area contributed by atoms with Crippen molar-refractivity contribution in [2.24, 2.45) is 0 Å². The van der Waals surface area contributed by atoms with Gasteiger partial charge in [-0.15, -0.1) is 0 Å². The second kappa shape index (κ2) is 19.6. The van der Waals surface area contributed by atoms with E-state index in [0.717, 1.165) is 19.4 Å². The smallest absolute Gasteiger partial charge is 0.302 e. The number of rotatable bonds is 11. The van der Waals surface area contributed by atoms with Gasteiger partial charge < -0.3 is 24.1 Å². The van der Waals surface area contributed by atoms with Crippen molar-refractivity contribution in [3.63, 3.8) is 0 Å². The number of aliphatic hydroxyl groups is 1. The first-order valence-corrected chi connectivity index (χ1v) is 6.57. The summed E-state index contributed by atoms with van der Waals surface area (Å²) in [5, 5.41) is 8.24. The number of unbranched alkanes of at least 4 members (excludes halogenated alkanes) is 1. The van der Waals surface area contributed by atoms with Crippen molar-refractivity contribution in [2.75, 3.05) is 53.4 Å². The van der Waals surface area contributed by atoms with E-state index in [0.29, 0.717) is 33.0 Å². The maximum absolute atomic E-state index is 10.2. The highest BCUT2D eigenvalue weighted by Crippen LogP contribution is 1.85. The van der Waals surface area contributed by atoms with Crippen LogP contribution in [-0.2, 0) is 23.7 Å². The van der Waals surface area contributed by atoms with Gasteiger partial charge in [-0.3, -0.25) is 4.79 Å². The van der Waals surface area contributed by atoms with Crippen molar-refractivity contribution in [3.8, 4) is 0 Å². The summed E-state index contributed by atoms with van der Waals surface area (Å²) >= 11 is 0. The number of aliphatic hydroxyl groups excluding tert-OH is 1. The van der Waals surface area contributed by atoms with E-state index in [1.54, 1.807) is 7.11 Å². The molecule has 116 valence electrons. The number of hydrogen-bond donors (Lipinski definition) is 1. The second-order valence-corrected chi connectivity index (χ2v) is 3.63. The van der Waals surface area contributed by atoms with Crippen molar-refractivity contribution in [2.45, 2.75) is 26.7 Å². The lowest BCUT2D eigenvalue weighted by Crippen LogP contribution is -2.10. The second-order valence-electron chi connectivity index (χ2n) is 3.63. The molecule has 0 aliphatic carbocycles. The molecule has 0 aromatic carbocycles. The Balaban J connectivity index is 0. The van der Waals surface area contributed by atoms with Crippen molar-refractivity contribution in [1.29, 1.82) is 0 Å². The van der Waals surface area contributed by atoms with Crippen LogP contribution >= 0.6 is 0 Å². The summed E-state index contributed by atoms with van der Waals surface area (Å²) in [5.41, 5.74) is 0. The average Bonchev–Trinajstić information content (AvgIpc) is 2.39. The molecule has 0 saturated carbocycles. The Morgan fingerprint density at radius 1 is 1.00 bits per heavy atom. The van der Waals surface area contributed by atoms with E-state index in [1.165, 1.54) is 6.92 Å². The number of carbonyl (C=O) groups excluding carboxylic acids is 1. The molecule has 0 fully saturated rings. The minimum Gasteiger partial charge on any atom is -0.463 e. The molecule has 6 heteroatoms. The van der Waals surface area contributed by atoms with Gasteiger partial charge in [0.15, 0.2) is 0 Å². The summed E-state index contributed by atoms with van der Waals surface area (Å²) in [6, 6.07) is 0. The van der Waals surface area contributed by atoms with Gasteiger partial charge >= 0.3 is 5.97 Å². The van der Waals surface area contributed by atoms with Crippen LogP contribution in [0.5, 0.6) is 0 Å². The van der Waals surface area contributed by atoms with Crippen LogP contribution in [0.1, 0.15) is 26.7 Å². The number of esters is 1. The van der Waals surface area contributed by atoms with Crippen LogP contribution in [0.4, 0.5) is 0 Å². The van der Waals surface area contributed by atoms with Crippen LogP contribution in [0.15, 0.2) is 0 Å². The molecule has 0 aromatic heterocycles. The number of ether oxygens (including phenoxy) is 4. The lowest BCUT2D eigenvalue weighted by molar-refractivity contribution is -0.142. The fourth-order valence-corrected chi connectivity index (χ4v) is 0.902. The van der Waals surface area contributed by atoms with Gasteiger partial charge in [-0.05, 0) is 6.42 Å². The van der Waals surface area contributed by atoms with Crippen LogP contribution < -0.4 is 0 Å². The quantitative estimate of drug-likeness (QED) is 0.450. The van der Waals surface area contributed by atoms with Crippen molar-refractivity contribution >= 4 is 5.97 Å². The Morgan fingerprint density at radius 2 is 1.63 bits per heavy atom. The fraction of sp³-hybridized carbons (Fsp3) is 0.923. The summed E-state index contributed by atoms with van der Waals surface area (Å²) in [5.74, 6) is -0.277. The summed E-state index contributed by atoms with van der Waals surface area (Å²) in [6.45, 7) is 6.76. The minimum atomic E-state index is -0.277. The molecule has 0 unspecified atom stereocenters. The molecule has 0 aromatic rings. The molecule has 0 aliphatic heterocycles. The van der Waals surface area contributed by atoms with E-state index in [-0.39, 0.29) is 12.6 Å². The standard InChI is InChI=1S/C7H14O4.C6H14O2/c1-7(8)11-6-5-10-4-3-9-2;1-2-3-5-8-6-4-7/h3-6H2,1-2H3;7H,2-6H2,1H3. The molecule has 0 amide bonds. The zero-order valence-corrected chi connectivity index (χ0v) is 12.4. The molecular weight excluding hydrogens is 252 g/mol. The lowest BCUT2D eigenvalue weighted by atomic mass is 10.4. The van der Waals surface area contributed by atoms with Gasteiger partial charge in [-0.25, -0.2) is 0 Å². The molecule has 0 saturated heterocycles. The molecule has 0 rings (SSSR count). The van der Waals surface area contributed by atoms with Crippen molar-refractivity contribution in [1.82, 2.24) is 0 Å². The fourth-order valence-electron chi connectivity index (χ4n) is 0.902. The Kier molecular flexibility index (Phi) is 21.3. The summed E-state index contributed by atoms with van der Waals surface area (Å²) in [6.07, 6.45) is 2.26. The van der Waals surface area contributed by atoms with E-state index in [4.69, 9.17) is 19.3 Å². The number of carbonyl (C=O) groups is 1. The van der Waals surface area contributed by atoms with E-state index in [9.17, 15) is 4.79 Å². The maximum Gasteiger partial charge on any atom is 0.302 e. The van der Waals surface area contributed by atoms with Crippen molar-refractivity contribution < 1.29 is 28.8 Å². The van der Waals surface area contributed by atoms with Crippen LogP contribution in [-0.4, -0.2) is 64.4 Å². The van der Waals surface area contributed by atoms with Crippen LogP contribution in [0.25, 0.3) is 0 Å². The zero-order valence-electron chi connectivity index (χ0n) is 12.4. The molecule has 0 heterocycles. The van der Waals surface area contributed by atoms with E-state index in [1.807, 2.05) is 0 Å². The topological polar surface area (TPSA) is 74.2 Å². The summed E-state index contributed by atoms with van der Waals surface area (Å²) < 4.78 is 19.3. The normalized spacial score (nSPS) is 9.68. The SMILES string of the molecule is CCCCOCCO.COCCOCCOC(C)=O. The number of hydrogen-bond acceptors (Lipinski definition) is 6. The summed E-state index contributed by atoms with van der Waals surface area (Å²) in [4.78, 5) is 10.2. The van der Waals surface area contributed by atoms with Crippen LogP contribution in [0, 0.1) is 0 Å². The Labute approximate surface area is 116 Å². The van der Waals surface area contributed by atoms with Gasteiger partial charge in [0.2, 0.25) is 0 Å². The summed E-state index contributed by atoms with van der Waals surface area (Å²) in [7, 11) is 1.61. The maximum atomic E-state index is 10.2. The zero-order chi connectivity index (χ0) is 14.8. The third kappa shape index (κ3) is 26.8. The van der Waals surface area contributed by atoms with Gasteiger partial charge in [-0.1, -0.05) is 13.3 Å². The Bertz CT molecular complexity index is 169. The van der Waals surface area contributed by atoms with E-state index >= 15 is 0 Å². The molecule has 1 N–H and O–H groups in total. The highest BCUT2D eigenvalue weighted by molar-refractivity contribution is 5.65. The van der Waals surface area contributed by atoms with Gasteiger partial charge in [0.1, 0.15) is 6.61 Å².